The van der Waals surface area contributed by atoms with E-state index in [0.29, 0.717) is 5.92 Å². The number of aryl methyl sites for hydroxylation is 1. The second-order valence-corrected chi connectivity index (χ2v) is 5.69. The van der Waals surface area contributed by atoms with Crippen molar-refractivity contribution < 1.29 is 12.6 Å². The van der Waals surface area contributed by atoms with E-state index in [0.717, 1.165) is 18.7 Å². The summed E-state index contributed by atoms with van der Waals surface area (Å²) in [4.78, 5) is 0.227. The van der Waals surface area contributed by atoms with Gasteiger partial charge in [0.1, 0.15) is 0 Å². The summed E-state index contributed by atoms with van der Waals surface area (Å²) in [5.74, 6) is 0.320. The molecule has 2 rings (SSSR count). The monoisotopic (exact) mass is 277 g/mol. The van der Waals surface area contributed by atoms with Gasteiger partial charge in [0, 0.05) is 19.0 Å². The van der Waals surface area contributed by atoms with Crippen LogP contribution in [0.4, 0.5) is 0 Å². The van der Waals surface area contributed by atoms with E-state index >= 15 is 0 Å². The standard InChI is InChI=1S/C11H15NO3S.ClH/c1-9-2-4-11(5-3-9)16(13,14)15-8-10-6-12-7-10;/h2-5,10,12H,6-8H2,1H3;1H. The molecule has 4 nitrogen and oxygen atoms in total. The van der Waals surface area contributed by atoms with Gasteiger partial charge in [0.2, 0.25) is 0 Å². The van der Waals surface area contributed by atoms with Gasteiger partial charge < -0.3 is 5.32 Å². The molecule has 0 radical (unpaired) electrons. The van der Waals surface area contributed by atoms with Gasteiger partial charge in [0.25, 0.3) is 10.1 Å². The van der Waals surface area contributed by atoms with Crippen molar-refractivity contribution in [3.05, 3.63) is 29.8 Å². The summed E-state index contributed by atoms with van der Waals surface area (Å²) in [5, 5.41) is 3.07. The van der Waals surface area contributed by atoms with E-state index in [-0.39, 0.29) is 23.9 Å². The highest BCUT2D eigenvalue weighted by atomic mass is 35.5. The summed E-state index contributed by atoms with van der Waals surface area (Å²) in [6, 6.07) is 6.68. The van der Waals surface area contributed by atoms with Crippen LogP contribution in [-0.2, 0) is 14.3 Å². The van der Waals surface area contributed by atoms with Crippen LogP contribution in [0, 0.1) is 12.8 Å². The molecule has 1 aromatic carbocycles. The predicted octanol–water partition coefficient (Wildman–Crippen LogP) is 1.34. The number of rotatable bonds is 4. The second kappa shape index (κ2) is 5.82. The van der Waals surface area contributed by atoms with E-state index in [4.69, 9.17) is 4.18 Å². The smallest absolute Gasteiger partial charge is 0.296 e. The van der Waals surface area contributed by atoms with Crippen molar-refractivity contribution in [1.82, 2.24) is 5.32 Å². The molecule has 1 aliphatic rings. The third-order valence-electron chi connectivity index (χ3n) is 2.63. The van der Waals surface area contributed by atoms with Crippen LogP contribution in [0.3, 0.4) is 0 Å². The number of hydrogen-bond donors (Lipinski definition) is 1. The molecule has 1 N–H and O–H groups in total. The molecule has 1 fully saturated rings. The molecular weight excluding hydrogens is 262 g/mol. The highest BCUT2D eigenvalue weighted by molar-refractivity contribution is 7.86. The lowest BCUT2D eigenvalue weighted by atomic mass is 10.1. The summed E-state index contributed by atoms with van der Waals surface area (Å²) >= 11 is 0. The van der Waals surface area contributed by atoms with Crippen molar-refractivity contribution in [2.45, 2.75) is 11.8 Å². The topological polar surface area (TPSA) is 55.4 Å². The average molecular weight is 278 g/mol. The fraction of sp³-hybridized carbons (Fsp3) is 0.455. The molecule has 0 aromatic heterocycles. The number of halogens is 1. The summed E-state index contributed by atoms with van der Waals surface area (Å²) < 4.78 is 28.5. The largest absolute Gasteiger partial charge is 0.316 e. The minimum atomic E-state index is -3.58. The van der Waals surface area contributed by atoms with Crippen molar-refractivity contribution >= 4 is 22.5 Å². The van der Waals surface area contributed by atoms with E-state index in [9.17, 15) is 8.42 Å². The summed E-state index contributed by atoms with van der Waals surface area (Å²) in [6.45, 7) is 3.85. The van der Waals surface area contributed by atoms with Gasteiger partial charge in [-0.2, -0.15) is 8.42 Å². The molecule has 96 valence electrons. The van der Waals surface area contributed by atoms with Crippen LogP contribution in [0.25, 0.3) is 0 Å². The van der Waals surface area contributed by atoms with E-state index < -0.39 is 10.1 Å². The summed E-state index contributed by atoms with van der Waals surface area (Å²) in [5.41, 5.74) is 1.03. The van der Waals surface area contributed by atoms with Gasteiger partial charge in [0.15, 0.2) is 0 Å². The number of hydrogen-bond acceptors (Lipinski definition) is 4. The molecule has 0 bridgehead atoms. The maximum Gasteiger partial charge on any atom is 0.296 e. The number of nitrogens with one attached hydrogen (secondary N) is 1. The molecule has 1 aliphatic heterocycles. The molecule has 17 heavy (non-hydrogen) atoms. The van der Waals surface area contributed by atoms with Gasteiger partial charge in [-0.1, -0.05) is 17.7 Å². The van der Waals surface area contributed by atoms with Crippen LogP contribution in [0.1, 0.15) is 5.56 Å². The van der Waals surface area contributed by atoms with Crippen LogP contribution in [0.2, 0.25) is 0 Å². The van der Waals surface area contributed by atoms with Crippen molar-refractivity contribution in [2.75, 3.05) is 19.7 Å². The third kappa shape index (κ3) is 3.67. The maximum absolute atomic E-state index is 11.7. The van der Waals surface area contributed by atoms with Gasteiger partial charge in [-0.3, -0.25) is 4.18 Å². The van der Waals surface area contributed by atoms with Gasteiger partial charge >= 0.3 is 0 Å². The minimum Gasteiger partial charge on any atom is -0.316 e. The Labute approximate surface area is 108 Å². The van der Waals surface area contributed by atoms with Crippen LogP contribution in [0.5, 0.6) is 0 Å². The first-order valence-corrected chi connectivity index (χ1v) is 6.65. The Kier molecular flexibility index (Phi) is 4.94. The van der Waals surface area contributed by atoms with Crippen molar-refractivity contribution in [3.8, 4) is 0 Å². The van der Waals surface area contributed by atoms with Crippen molar-refractivity contribution in [2.24, 2.45) is 5.92 Å². The Morgan fingerprint density at radius 1 is 1.29 bits per heavy atom. The van der Waals surface area contributed by atoms with E-state index in [1.165, 1.54) is 0 Å². The first-order valence-electron chi connectivity index (χ1n) is 5.25. The van der Waals surface area contributed by atoms with Crippen LogP contribution in [0.15, 0.2) is 29.2 Å². The maximum atomic E-state index is 11.7. The lowest BCUT2D eigenvalue weighted by molar-refractivity contribution is 0.204. The molecule has 0 atom stereocenters. The zero-order chi connectivity index (χ0) is 11.6. The Balaban J connectivity index is 0.00000144. The predicted molar refractivity (Wildman–Crippen MR) is 67.9 cm³/mol. The van der Waals surface area contributed by atoms with Gasteiger partial charge in [0.05, 0.1) is 11.5 Å². The Morgan fingerprint density at radius 2 is 1.88 bits per heavy atom. The first kappa shape index (κ1) is 14.4. The normalized spacial score (nSPS) is 16.1. The molecule has 1 heterocycles. The molecular formula is C11H16ClNO3S. The second-order valence-electron chi connectivity index (χ2n) is 4.08. The Hall–Kier alpha value is -0.620. The van der Waals surface area contributed by atoms with Gasteiger partial charge in [-0.15, -0.1) is 12.4 Å². The fourth-order valence-corrected chi connectivity index (χ4v) is 2.40. The van der Waals surface area contributed by atoms with Gasteiger partial charge in [-0.05, 0) is 19.1 Å². The molecule has 0 aliphatic carbocycles. The molecule has 0 unspecified atom stereocenters. The van der Waals surface area contributed by atoms with E-state index in [1.54, 1.807) is 24.3 Å². The van der Waals surface area contributed by atoms with Crippen LogP contribution in [-0.4, -0.2) is 28.1 Å². The van der Waals surface area contributed by atoms with Crippen molar-refractivity contribution in [3.63, 3.8) is 0 Å². The van der Waals surface area contributed by atoms with Crippen LogP contribution >= 0.6 is 12.4 Å². The molecule has 0 saturated carbocycles. The lowest BCUT2D eigenvalue weighted by Crippen LogP contribution is -2.44. The zero-order valence-electron chi connectivity index (χ0n) is 9.55. The quantitative estimate of drug-likeness (QED) is 0.844. The molecule has 6 heteroatoms. The minimum absolute atomic E-state index is 0. The Bertz CT molecular complexity index is 454. The van der Waals surface area contributed by atoms with Crippen LogP contribution < -0.4 is 5.32 Å². The van der Waals surface area contributed by atoms with Crippen molar-refractivity contribution in [1.29, 1.82) is 0 Å². The summed E-state index contributed by atoms with van der Waals surface area (Å²) in [6.07, 6.45) is 0. The average Bonchev–Trinajstić information content (AvgIpc) is 2.15. The van der Waals surface area contributed by atoms with E-state index in [1.807, 2.05) is 6.92 Å². The highest BCUT2D eigenvalue weighted by Gasteiger charge is 2.21. The molecule has 1 saturated heterocycles. The fourth-order valence-electron chi connectivity index (χ4n) is 1.43. The highest BCUT2D eigenvalue weighted by Crippen LogP contribution is 2.15. The molecule has 0 amide bonds. The van der Waals surface area contributed by atoms with E-state index in [2.05, 4.69) is 5.32 Å². The first-order chi connectivity index (χ1) is 7.58. The number of benzene rings is 1. The Morgan fingerprint density at radius 3 is 2.35 bits per heavy atom. The van der Waals surface area contributed by atoms with Gasteiger partial charge in [-0.25, -0.2) is 0 Å². The molecule has 0 spiro atoms. The molecule has 1 aromatic rings. The zero-order valence-corrected chi connectivity index (χ0v) is 11.2. The third-order valence-corrected chi connectivity index (χ3v) is 3.93. The lowest BCUT2D eigenvalue weighted by Gasteiger charge is -2.26. The summed E-state index contributed by atoms with van der Waals surface area (Å²) in [7, 11) is -3.58. The SMILES string of the molecule is Cc1ccc(S(=O)(=O)OCC2CNC2)cc1.Cl.